The largest absolute Gasteiger partial charge is 0.294 e. The van der Waals surface area contributed by atoms with E-state index in [0.717, 1.165) is 70.6 Å². The summed E-state index contributed by atoms with van der Waals surface area (Å²) in [5.41, 5.74) is 4.87. The molecule has 0 aliphatic heterocycles. The number of hydrogen-bond donors (Lipinski definition) is 0. The molecule has 4 heteroatoms. The Kier molecular flexibility index (Phi) is 3.68. The van der Waals surface area contributed by atoms with Crippen LogP contribution in [0.4, 0.5) is 0 Å². The molecule has 0 unspecified atom stereocenters. The molecule has 8 aromatic rings. The van der Waals surface area contributed by atoms with Gasteiger partial charge in [0.25, 0.3) is 5.56 Å². The Labute approximate surface area is 210 Å². The van der Waals surface area contributed by atoms with E-state index >= 15 is 0 Å². The van der Waals surface area contributed by atoms with Gasteiger partial charge in [-0.3, -0.25) is 14.0 Å². The Hall–Kier alpha value is -4.83. The predicted octanol–water partition coefficient (Wildman–Crippen LogP) is 7.73. The molecule has 0 aliphatic carbocycles. The van der Waals surface area contributed by atoms with E-state index in [-0.39, 0.29) is 11.3 Å². The van der Waals surface area contributed by atoms with Gasteiger partial charge in [0, 0.05) is 27.1 Å². The first-order valence-electron chi connectivity index (χ1n) is 12.3. The van der Waals surface area contributed by atoms with Crippen LogP contribution in [0, 0.1) is 0 Å². The van der Waals surface area contributed by atoms with Crippen molar-refractivity contribution in [2.75, 3.05) is 0 Å². The lowest BCUT2D eigenvalue weighted by molar-refractivity contribution is 0.101. The zero-order chi connectivity index (χ0) is 25.2. The first-order valence-corrected chi connectivity index (χ1v) is 12.3. The normalized spacial score (nSPS) is 12.4. The lowest BCUT2D eigenvalue weighted by atomic mass is 9.84. The second-order valence-corrected chi connectivity index (χ2v) is 10.0. The molecule has 0 atom stereocenters. The summed E-state index contributed by atoms with van der Waals surface area (Å²) >= 11 is 0. The van der Waals surface area contributed by atoms with Crippen LogP contribution in [0.25, 0.3) is 76.1 Å². The molecule has 0 radical (unpaired) electrons. The molecule has 0 saturated heterocycles. The number of pyridine rings is 1. The fourth-order valence-electron chi connectivity index (χ4n) is 6.44. The highest BCUT2D eigenvalue weighted by Gasteiger charge is 2.22. The molecule has 2 heterocycles. The second kappa shape index (κ2) is 6.68. The topological polar surface area (TPSA) is 51.4 Å². The van der Waals surface area contributed by atoms with Crippen LogP contribution in [0.1, 0.15) is 29.8 Å². The standard InChI is InChI=1S/C33H20N2O2/c1-16(2)18-8-10-20-22-12-14-24-31-25(33(37)35-27-7-5-4-6-26(27)34-32(24)35)15-13-23(30(22)31)21-11-9-19(17(3)36)28(18)29(20)21/h4-15H,1H2,2-3H3. The van der Waals surface area contributed by atoms with E-state index in [1.54, 1.807) is 11.3 Å². The van der Waals surface area contributed by atoms with Crippen molar-refractivity contribution in [3.8, 4) is 0 Å². The van der Waals surface area contributed by atoms with Gasteiger partial charge >= 0.3 is 0 Å². The van der Waals surface area contributed by atoms with Gasteiger partial charge in [-0.1, -0.05) is 60.7 Å². The van der Waals surface area contributed by atoms with Crippen LogP contribution in [-0.2, 0) is 0 Å². The minimum absolute atomic E-state index is 0.0340. The summed E-state index contributed by atoms with van der Waals surface area (Å²) in [6.07, 6.45) is 0. The maximum absolute atomic E-state index is 13.8. The van der Waals surface area contributed by atoms with E-state index < -0.39 is 0 Å². The first kappa shape index (κ1) is 20.4. The maximum Gasteiger partial charge on any atom is 0.264 e. The molecule has 0 fully saturated rings. The highest BCUT2D eigenvalue weighted by molar-refractivity contribution is 6.39. The third-order valence-electron chi connectivity index (χ3n) is 7.98. The van der Waals surface area contributed by atoms with Crippen molar-refractivity contribution < 1.29 is 4.79 Å². The number of carbonyl (C=O) groups is 1. The summed E-state index contributed by atoms with van der Waals surface area (Å²) in [7, 11) is 0. The molecule has 0 N–H and O–H groups in total. The molecular formula is C33H20N2O2. The minimum Gasteiger partial charge on any atom is -0.294 e. The summed E-state index contributed by atoms with van der Waals surface area (Å²) in [6.45, 7) is 7.79. The zero-order valence-electron chi connectivity index (χ0n) is 20.3. The number of para-hydroxylation sites is 2. The van der Waals surface area contributed by atoms with Crippen molar-refractivity contribution in [2.24, 2.45) is 0 Å². The molecule has 4 nitrogen and oxygen atoms in total. The number of benzene rings is 6. The SMILES string of the molecule is C=C(C)c1ccc2c3ccc4c5c(ccc(c6ccc(C(C)=O)c1c62)c35)c(=O)n1c2ccccc2nc41. The Bertz CT molecular complexity index is 2310. The minimum atomic E-state index is -0.0552. The molecule has 8 rings (SSSR count). The predicted molar refractivity (Wildman–Crippen MR) is 154 cm³/mol. The Balaban J connectivity index is 1.69. The van der Waals surface area contributed by atoms with E-state index in [9.17, 15) is 9.59 Å². The summed E-state index contributed by atoms with van der Waals surface area (Å²) in [4.78, 5) is 31.4. The second-order valence-electron chi connectivity index (χ2n) is 10.0. The zero-order valence-corrected chi connectivity index (χ0v) is 20.3. The van der Waals surface area contributed by atoms with Crippen LogP contribution in [0.5, 0.6) is 0 Å². The number of rotatable bonds is 2. The molecule has 6 aromatic carbocycles. The Morgan fingerprint density at radius 1 is 0.676 bits per heavy atom. The van der Waals surface area contributed by atoms with Gasteiger partial charge in [0.05, 0.1) is 11.0 Å². The number of aromatic nitrogens is 2. The Morgan fingerprint density at radius 3 is 1.89 bits per heavy atom. The van der Waals surface area contributed by atoms with Crippen molar-refractivity contribution in [3.05, 3.63) is 101 Å². The number of ketones is 1. The lowest BCUT2D eigenvalue weighted by Gasteiger charge is -2.19. The van der Waals surface area contributed by atoms with Gasteiger partial charge in [-0.15, -0.1) is 0 Å². The highest BCUT2D eigenvalue weighted by atomic mass is 16.1. The fourth-order valence-corrected chi connectivity index (χ4v) is 6.44. The van der Waals surface area contributed by atoms with Crippen LogP contribution < -0.4 is 5.56 Å². The van der Waals surface area contributed by atoms with Crippen molar-refractivity contribution in [1.82, 2.24) is 9.38 Å². The average molecular weight is 477 g/mol. The number of hydrogen-bond acceptors (Lipinski definition) is 3. The molecule has 0 spiro atoms. The number of carbonyl (C=O) groups excluding carboxylic acids is 1. The van der Waals surface area contributed by atoms with Gasteiger partial charge < -0.3 is 0 Å². The lowest BCUT2D eigenvalue weighted by Crippen LogP contribution is -2.13. The maximum atomic E-state index is 13.8. The average Bonchev–Trinajstić information content (AvgIpc) is 3.30. The Morgan fingerprint density at radius 2 is 1.22 bits per heavy atom. The third kappa shape index (κ3) is 2.35. The summed E-state index contributed by atoms with van der Waals surface area (Å²) in [5, 5.41) is 9.95. The number of allylic oxidation sites excluding steroid dienone is 1. The van der Waals surface area contributed by atoms with Crippen LogP contribution in [0.3, 0.4) is 0 Å². The van der Waals surface area contributed by atoms with E-state index in [1.165, 1.54) is 0 Å². The number of nitrogens with zero attached hydrogens (tertiary/aromatic N) is 2. The fraction of sp³-hybridized carbons (Fsp3) is 0.0606. The van der Waals surface area contributed by atoms with Gasteiger partial charge in [-0.2, -0.15) is 0 Å². The van der Waals surface area contributed by atoms with Gasteiger partial charge in [-0.25, -0.2) is 4.98 Å². The van der Waals surface area contributed by atoms with E-state index in [2.05, 4.69) is 43.0 Å². The number of Topliss-reactive ketones (excluding diaryl/α,β-unsaturated/α-hetero) is 1. The van der Waals surface area contributed by atoms with E-state index in [4.69, 9.17) is 4.98 Å². The van der Waals surface area contributed by atoms with Crippen molar-refractivity contribution >= 4 is 81.9 Å². The van der Waals surface area contributed by atoms with Crippen LogP contribution >= 0.6 is 0 Å². The van der Waals surface area contributed by atoms with Gasteiger partial charge in [0.15, 0.2) is 5.78 Å². The van der Waals surface area contributed by atoms with Gasteiger partial charge in [0.1, 0.15) is 5.65 Å². The van der Waals surface area contributed by atoms with E-state index in [0.29, 0.717) is 16.6 Å². The molecule has 37 heavy (non-hydrogen) atoms. The van der Waals surface area contributed by atoms with Crippen molar-refractivity contribution in [1.29, 1.82) is 0 Å². The summed E-state index contributed by atoms with van der Waals surface area (Å²) in [5.74, 6) is 0.0340. The molecule has 174 valence electrons. The molecule has 0 saturated carbocycles. The number of imidazole rings is 1. The molecular weight excluding hydrogens is 456 g/mol. The van der Waals surface area contributed by atoms with Crippen LogP contribution in [0.2, 0.25) is 0 Å². The monoisotopic (exact) mass is 476 g/mol. The molecule has 2 aromatic heterocycles. The van der Waals surface area contributed by atoms with Gasteiger partial charge in [0.2, 0.25) is 0 Å². The van der Waals surface area contributed by atoms with Crippen molar-refractivity contribution in [2.45, 2.75) is 13.8 Å². The third-order valence-corrected chi connectivity index (χ3v) is 7.98. The number of fused-ring (bicyclic) bond motifs is 6. The first-order chi connectivity index (χ1) is 18.0. The molecule has 0 aliphatic rings. The van der Waals surface area contributed by atoms with Crippen LogP contribution in [0.15, 0.2) is 84.2 Å². The smallest absolute Gasteiger partial charge is 0.264 e. The van der Waals surface area contributed by atoms with Crippen LogP contribution in [-0.4, -0.2) is 15.2 Å². The van der Waals surface area contributed by atoms with E-state index in [1.807, 2.05) is 43.3 Å². The quantitative estimate of drug-likeness (QED) is 0.146. The summed E-state index contributed by atoms with van der Waals surface area (Å²) in [6, 6.07) is 24.2. The molecule has 0 amide bonds. The summed E-state index contributed by atoms with van der Waals surface area (Å²) < 4.78 is 1.74. The molecule has 0 bridgehead atoms. The highest BCUT2D eigenvalue weighted by Crippen LogP contribution is 2.45. The van der Waals surface area contributed by atoms with Crippen molar-refractivity contribution in [3.63, 3.8) is 0 Å². The van der Waals surface area contributed by atoms with Gasteiger partial charge in [-0.05, 0) is 76.0 Å².